The summed E-state index contributed by atoms with van der Waals surface area (Å²) in [7, 11) is 0. The summed E-state index contributed by atoms with van der Waals surface area (Å²) in [5.41, 5.74) is 0.0672. The first kappa shape index (κ1) is 14.8. The van der Waals surface area contributed by atoms with E-state index in [4.69, 9.17) is 5.26 Å². The van der Waals surface area contributed by atoms with Crippen molar-refractivity contribution in [2.45, 2.75) is 19.4 Å². The van der Waals surface area contributed by atoms with Crippen LogP contribution < -0.4 is 4.90 Å². The molecule has 1 aliphatic rings. The molecule has 108 valence electrons. The van der Waals surface area contributed by atoms with Crippen molar-refractivity contribution in [3.63, 3.8) is 0 Å². The minimum atomic E-state index is -0.709. The van der Waals surface area contributed by atoms with Gasteiger partial charge in [-0.15, -0.1) is 0 Å². The molecule has 20 heavy (non-hydrogen) atoms. The number of hydrogen-bond acceptors (Lipinski definition) is 4. The van der Waals surface area contributed by atoms with Crippen molar-refractivity contribution in [3.8, 4) is 6.07 Å². The highest BCUT2D eigenvalue weighted by Gasteiger charge is 2.24. The SMILES string of the molecule is CC(C)(O)CN1CCN(c2cccc(F)c2C#N)CC1. The van der Waals surface area contributed by atoms with Gasteiger partial charge in [-0.3, -0.25) is 4.90 Å². The predicted molar refractivity (Wildman–Crippen MR) is 76.1 cm³/mol. The normalized spacial score (nSPS) is 17.1. The molecule has 2 rings (SSSR count). The van der Waals surface area contributed by atoms with Gasteiger partial charge in [-0.05, 0) is 26.0 Å². The Morgan fingerprint density at radius 2 is 1.95 bits per heavy atom. The Kier molecular flexibility index (Phi) is 4.26. The van der Waals surface area contributed by atoms with Gasteiger partial charge in [0.1, 0.15) is 17.4 Å². The maximum absolute atomic E-state index is 13.6. The molecule has 1 aromatic carbocycles. The third kappa shape index (κ3) is 3.47. The molecule has 1 aliphatic heterocycles. The molecule has 0 saturated carbocycles. The number of aliphatic hydroxyl groups is 1. The van der Waals surface area contributed by atoms with E-state index >= 15 is 0 Å². The van der Waals surface area contributed by atoms with Crippen molar-refractivity contribution >= 4 is 5.69 Å². The van der Waals surface area contributed by atoms with Crippen molar-refractivity contribution in [2.75, 3.05) is 37.6 Å². The maximum Gasteiger partial charge on any atom is 0.143 e. The average molecular weight is 277 g/mol. The molecule has 1 saturated heterocycles. The van der Waals surface area contributed by atoms with Crippen molar-refractivity contribution < 1.29 is 9.50 Å². The van der Waals surface area contributed by atoms with Crippen molar-refractivity contribution in [1.82, 2.24) is 4.90 Å². The molecule has 0 bridgehead atoms. The van der Waals surface area contributed by atoms with E-state index in [1.54, 1.807) is 26.0 Å². The first-order chi connectivity index (χ1) is 9.40. The van der Waals surface area contributed by atoms with Gasteiger partial charge < -0.3 is 10.0 Å². The van der Waals surface area contributed by atoms with E-state index in [1.807, 2.05) is 11.0 Å². The molecular formula is C15H20FN3O. The molecular weight excluding hydrogens is 257 g/mol. The highest BCUT2D eigenvalue weighted by atomic mass is 19.1. The summed E-state index contributed by atoms with van der Waals surface area (Å²) in [5, 5.41) is 18.9. The van der Waals surface area contributed by atoms with Crippen LogP contribution in [0.1, 0.15) is 19.4 Å². The highest BCUT2D eigenvalue weighted by Crippen LogP contribution is 2.23. The van der Waals surface area contributed by atoms with Gasteiger partial charge in [-0.1, -0.05) is 6.07 Å². The lowest BCUT2D eigenvalue weighted by atomic mass is 10.1. The van der Waals surface area contributed by atoms with Gasteiger partial charge in [-0.25, -0.2) is 4.39 Å². The molecule has 0 spiro atoms. The Morgan fingerprint density at radius 3 is 2.50 bits per heavy atom. The van der Waals surface area contributed by atoms with Gasteiger partial charge in [0.05, 0.1) is 11.3 Å². The Morgan fingerprint density at radius 1 is 1.30 bits per heavy atom. The van der Waals surface area contributed by atoms with Crippen LogP contribution in [-0.2, 0) is 0 Å². The van der Waals surface area contributed by atoms with Crippen LogP contribution in [0, 0.1) is 17.1 Å². The summed E-state index contributed by atoms with van der Waals surface area (Å²) in [6, 6.07) is 6.67. The topological polar surface area (TPSA) is 50.5 Å². The smallest absolute Gasteiger partial charge is 0.143 e. The first-order valence-electron chi connectivity index (χ1n) is 6.79. The lowest BCUT2D eigenvalue weighted by Crippen LogP contribution is -2.50. The van der Waals surface area contributed by atoms with Crippen LogP contribution >= 0.6 is 0 Å². The fourth-order valence-corrected chi connectivity index (χ4v) is 2.58. The van der Waals surface area contributed by atoms with Gasteiger partial charge in [-0.2, -0.15) is 5.26 Å². The van der Waals surface area contributed by atoms with Crippen LogP contribution in [-0.4, -0.2) is 48.3 Å². The lowest BCUT2D eigenvalue weighted by molar-refractivity contribution is 0.0345. The standard InChI is InChI=1S/C15H20FN3O/c1-15(2,20)11-18-6-8-19(9-7-18)14-5-3-4-13(16)12(14)10-17/h3-5,20H,6-9,11H2,1-2H3. The molecule has 1 fully saturated rings. The molecule has 4 nitrogen and oxygen atoms in total. The number of anilines is 1. The maximum atomic E-state index is 13.6. The first-order valence-corrected chi connectivity index (χ1v) is 6.79. The Balaban J connectivity index is 2.05. The molecule has 5 heteroatoms. The summed E-state index contributed by atoms with van der Waals surface area (Å²) in [4.78, 5) is 4.21. The van der Waals surface area contributed by atoms with Gasteiger partial charge in [0.25, 0.3) is 0 Å². The number of nitriles is 1. The minimum Gasteiger partial charge on any atom is -0.389 e. The second-order valence-corrected chi connectivity index (χ2v) is 5.82. The zero-order chi connectivity index (χ0) is 14.8. The molecule has 0 amide bonds. The molecule has 1 N–H and O–H groups in total. The highest BCUT2D eigenvalue weighted by molar-refractivity contribution is 5.60. The van der Waals surface area contributed by atoms with Gasteiger partial charge >= 0.3 is 0 Å². The number of piperazine rings is 1. The van der Waals surface area contributed by atoms with E-state index in [0.29, 0.717) is 12.2 Å². The Labute approximate surface area is 119 Å². The number of β-amino-alcohol motifs (C(OH)–C–C–N with tert-alkyl or cyclic N) is 1. The molecule has 0 unspecified atom stereocenters. The number of nitrogens with zero attached hydrogens (tertiary/aromatic N) is 3. The second-order valence-electron chi connectivity index (χ2n) is 5.82. The van der Waals surface area contributed by atoms with E-state index in [2.05, 4.69) is 4.90 Å². The largest absolute Gasteiger partial charge is 0.389 e. The Hall–Kier alpha value is -1.64. The lowest BCUT2D eigenvalue weighted by Gasteiger charge is -2.38. The minimum absolute atomic E-state index is 0.114. The van der Waals surface area contributed by atoms with Crippen LogP contribution in [0.4, 0.5) is 10.1 Å². The quantitative estimate of drug-likeness (QED) is 0.911. The molecule has 0 radical (unpaired) electrons. The molecule has 0 aliphatic carbocycles. The van der Waals surface area contributed by atoms with Crippen LogP contribution in [0.15, 0.2) is 18.2 Å². The van der Waals surface area contributed by atoms with E-state index in [0.717, 1.165) is 26.2 Å². The van der Waals surface area contributed by atoms with Crippen molar-refractivity contribution in [1.29, 1.82) is 5.26 Å². The predicted octanol–water partition coefficient (Wildman–Crippen LogP) is 1.59. The Bertz CT molecular complexity index is 511. The molecule has 0 atom stereocenters. The fraction of sp³-hybridized carbons (Fsp3) is 0.533. The van der Waals surface area contributed by atoms with Gasteiger partial charge in [0.15, 0.2) is 0 Å². The fourth-order valence-electron chi connectivity index (χ4n) is 2.58. The molecule has 1 aromatic rings. The number of benzene rings is 1. The third-order valence-corrected chi connectivity index (χ3v) is 3.43. The second kappa shape index (κ2) is 5.78. The summed E-state index contributed by atoms with van der Waals surface area (Å²) >= 11 is 0. The summed E-state index contributed by atoms with van der Waals surface area (Å²) < 4.78 is 13.6. The molecule has 0 aromatic heterocycles. The van der Waals surface area contributed by atoms with Crippen LogP contribution in [0.3, 0.4) is 0 Å². The van der Waals surface area contributed by atoms with Crippen LogP contribution in [0.2, 0.25) is 0 Å². The number of halogens is 1. The van der Waals surface area contributed by atoms with E-state index in [-0.39, 0.29) is 5.56 Å². The van der Waals surface area contributed by atoms with E-state index in [1.165, 1.54) is 6.07 Å². The summed E-state index contributed by atoms with van der Waals surface area (Å²) in [6.45, 7) is 7.26. The third-order valence-electron chi connectivity index (χ3n) is 3.43. The number of rotatable bonds is 3. The van der Waals surface area contributed by atoms with Crippen molar-refractivity contribution in [3.05, 3.63) is 29.6 Å². The monoisotopic (exact) mass is 277 g/mol. The summed E-state index contributed by atoms with van der Waals surface area (Å²) in [6.07, 6.45) is 0. The van der Waals surface area contributed by atoms with Crippen LogP contribution in [0.25, 0.3) is 0 Å². The van der Waals surface area contributed by atoms with Crippen LogP contribution in [0.5, 0.6) is 0 Å². The average Bonchev–Trinajstić information content (AvgIpc) is 2.37. The van der Waals surface area contributed by atoms with Gasteiger partial charge in [0, 0.05) is 32.7 Å². The zero-order valence-corrected chi connectivity index (χ0v) is 11.9. The summed E-state index contributed by atoms with van der Waals surface area (Å²) in [5.74, 6) is -0.469. The van der Waals surface area contributed by atoms with Gasteiger partial charge in [0.2, 0.25) is 0 Å². The van der Waals surface area contributed by atoms with E-state index in [9.17, 15) is 9.50 Å². The molecule has 1 heterocycles. The van der Waals surface area contributed by atoms with Crippen molar-refractivity contribution in [2.24, 2.45) is 0 Å². The zero-order valence-electron chi connectivity index (χ0n) is 11.9. The number of hydrogen-bond donors (Lipinski definition) is 1. The van der Waals surface area contributed by atoms with E-state index < -0.39 is 11.4 Å².